The van der Waals surface area contributed by atoms with E-state index in [9.17, 15) is 79.4 Å². The summed E-state index contributed by atoms with van der Waals surface area (Å²) >= 11 is 0. The van der Waals surface area contributed by atoms with E-state index in [1.54, 1.807) is 18.2 Å². The molecule has 0 spiro atoms. The van der Waals surface area contributed by atoms with Gasteiger partial charge in [-0.05, 0) is 37.4 Å². The predicted octanol–water partition coefficient (Wildman–Crippen LogP) is 10.7. The highest BCUT2D eigenvalue weighted by atomic mass is 28.3. The van der Waals surface area contributed by atoms with Gasteiger partial charge in [-0.25, -0.2) is 4.79 Å². The highest BCUT2D eigenvalue weighted by Gasteiger charge is 2.95. The van der Waals surface area contributed by atoms with E-state index in [-0.39, 0.29) is 12.7 Å². The van der Waals surface area contributed by atoms with Gasteiger partial charge in [-0.2, -0.15) is 74.6 Å². The Morgan fingerprint density at radius 3 is 1.59 bits per heavy atom. The quantitative estimate of drug-likeness (QED) is 0.0526. The number of allylic oxidation sites excluding steroid dienone is 2. The van der Waals surface area contributed by atoms with Crippen molar-refractivity contribution in [2.75, 3.05) is 6.61 Å². The van der Waals surface area contributed by atoms with E-state index >= 15 is 0 Å². The molecule has 1 rings (SSSR count). The van der Waals surface area contributed by atoms with Gasteiger partial charge in [-0.3, -0.25) is 0 Å². The van der Waals surface area contributed by atoms with Crippen molar-refractivity contribution in [1.82, 2.24) is 0 Å². The molecule has 0 heterocycles. The molecule has 1 aromatic carbocycles. The van der Waals surface area contributed by atoms with Crippen LogP contribution in [-0.2, 0) is 4.74 Å². The fraction of sp³-hybridized carbons (Fsp3) is 0.654. The van der Waals surface area contributed by atoms with Gasteiger partial charge in [0.15, 0.2) is 0 Å². The minimum atomic E-state index is -8.62. The highest BCUT2D eigenvalue weighted by molar-refractivity contribution is 6.77. The number of esters is 1. The molecule has 0 aliphatic heterocycles. The fourth-order valence-corrected chi connectivity index (χ4v) is 5.66. The number of carbonyl (C=O) groups is 1. The van der Waals surface area contributed by atoms with E-state index in [1.807, 2.05) is 0 Å². The third kappa shape index (κ3) is 8.11. The molecule has 46 heavy (non-hydrogen) atoms. The van der Waals surface area contributed by atoms with Crippen molar-refractivity contribution in [1.29, 1.82) is 0 Å². The molecule has 0 aliphatic rings. The minimum Gasteiger partial charge on any atom is -0.462 e. The number of carbonyl (C=O) groups excluding carboxylic acids is 1. The number of hydrogen-bond acceptors (Lipinski definition) is 2. The van der Waals surface area contributed by atoms with Crippen LogP contribution in [0.3, 0.4) is 0 Å². The lowest BCUT2D eigenvalue weighted by Crippen LogP contribution is -2.74. The Kier molecular flexibility index (Phi) is 12.5. The van der Waals surface area contributed by atoms with Crippen LogP contribution in [-0.4, -0.2) is 68.3 Å². The maximum Gasteiger partial charge on any atom is 0.460 e. The first-order valence-electron chi connectivity index (χ1n) is 13.0. The summed E-state index contributed by atoms with van der Waals surface area (Å²) in [5.41, 5.74) is 0.320. The zero-order valence-corrected chi connectivity index (χ0v) is 24.7. The number of alkyl halides is 17. The maximum absolute atomic E-state index is 14.2. The van der Waals surface area contributed by atoms with Crippen LogP contribution in [0.1, 0.15) is 36.0 Å². The van der Waals surface area contributed by atoms with Gasteiger partial charge in [0.2, 0.25) is 0 Å². The Bertz CT molecular complexity index is 1180. The monoisotopic (exact) mass is 722 g/mol. The van der Waals surface area contributed by atoms with Crippen LogP contribution in [0.5, 0.6) is 0 Å². The third-order valence-electron chi connectivity index (χ3n) is 6.75. The summed E-state index contributed by atoms with van der Waals surface area (Å²) in [5.74, 6) is -56.7. The van der Waals surface area contributed by atoms with Gasteiger partial charge in [-0.15, -0.1) is 0 Å². The second-order valence-electron chi connectivity index (χ2n) is 11.0. The van der Waals surface area contributed by atoms with Crippen molar-refractivity contribution < 1.29 is 84.2 Å². The molecular formula is C26H27F17O2Si. The zero-order chi connectivity index (χ0) is 36.3. The fourth-order valence-electron chi connectivity index (χ4n) is 3.66. The molecule has 0 atom stereocenters. The third-order valence-corrected chi connectivity index (χ3v) is 9.69. The molecule has 1 aromatic rings. The van der Waals surface area contributed by atoms with Crippen LogP contribution in [0.2, 0.25) is 25.2 Å². The highest BCUT2D eigenvalue weighted by Crippen LogP contribution is 2.64. The van der Waals surface area contributed by atoms with Crippen molar-refractivity contribution in [3.8, 4) is 0 Å². The summed E-state index contributed by atoms with van der Waals surface area (Å²) < 4.78 is 233. The summed E-state index contributed by atoms with van der Waals surface area (Å²) in [5, 5.41) is 0. The SMILES string of the molecule is C[Si](C)(C/C=C/CCCCOC(=O)c1ccccc1)CCC(F)(F)C(F)(F)C(F)(F)C(F)(F)C(F)(F)C(F)(F)C(F)(F)C(F)(F)F. The van der Waals surface area contributed by atoms with Gasteiger partial charge in [0.25, 0.3) is 0 Å². The summed E-state index contributed by atoms with van der Waals surface area (Å²) in [6.45, 7) is 2.54. The first-order chi connectivity index (χ1) is 20.4. The van der Waals surface area contributed by atoms with Crippen molar-refractivity contribution in [3.63, 3.8) is 0 Å². The molecule has 0 saturated heterocycles. The molecule has 0 unspecified atom stereocenters. The van der Waals surface area contributed by atoms with Crippen LogP contribution in [0.15, 0.2) is 42.5 Å². The standard InChI is InChI=1S/C26H27F17O2Si/c1-46(2,15-10-5-3-4-9-14-45-18(44)17-11-7-6-8-12-17)16-13-19(27,28)20(29,30)21(31,32)22(33,34)23(35,36)24(37,38)25(39,40)26(41,42)43/h5-8,10-12H,3-4,9,13-16H2,1-2H3/b10-5+. The van der Waals surface area contributed by atoms with E-state index in [0.29, 0.717) is 24.8 Å². The summed E-state index contributed by atoms with van der Waals surface area (Å²) in [4.78, 5) is 11.8. The molecule has 0 aromatic heterocycles. The number of halogens is 17. The average Bonchev–Trinajstić information content (AvgIpc) is 2.92. The molecule has 20 heteroatoms. The Labute approximate surface area is 252 Å². The molecule has 2 nitrogen and oxygen atoms in total. The second-order valence-corrected chi connectivity index (χ2v) is 16.2. The predicted molar refractivity (Wildman–Crippen MR) is 132 cm³/mol. The molecule has 266 valence electrons. The summed E-state index contributed by atoms with van der Waals surface area (Å²) in [6.07, 6.45) is -6.09. The minimum absolute atomic E-state index is 0.0448. The molecule has 0 amide bonds. The Hall–Kier alpha value is -2.54. The number of unbranched alkanes of at least 4 members (excludes halogenated alkanes) is 2. The average molecular weight is 723 g/mol. The molecule has 0 bridgehead atoms. The Morgan fingerprint density at radius 1 is 0.652 bits per heavy atom. The van der Waals surface area contributed by atoms with E-state index in [1.165, 1.54) is 37.4 Å². The smallest absolute Gasteiger partial charge is 0.460 e. The molecule has 0 radical (unpaired) electrons. The zero-order valence-electron chi connectivity index (χ0n) is 23.7. The van der Waals surface area contributed by atoms with Crippen LogP contribution in [0.25, 0.3) is 0 Å². The van der Waals surface area contributed by atoms with Gasteiger partial charge in [-0.1, -0.05) is 49.5 Å². The summed E-state index contributed by atoms with van der Waals surface area (Å²) in [6, 6.07) is 6.82. The van der Waals surface area contributed by atoms with Gasteiger partial charge >= 0.3 is 53.6 Å². The normalized spacial score (nSPS) is 15.0. The number of ether oxygens (including phenoxy) is 1. The van der Waals surface area contributed by atoms with Crippen LogP contribution in [0.4, 0.5) is 74.6 Å². The first kappa shape index (κ1) is 41.5. The lowest BCUT2D eigenvalue weighted by molar-refractivity contribution is -0.461. The van der Waals surface area contributed by atoms with E-state index < -0.39 is 74.1 Å². The molecule has 0 saturated carbocycles. The van der Waals surface area contributed by atoms with Gasteiger partial charge < -0.3 is 4.74 Å². The van der Waals surface area contributed by atoms with Crippen molar-refractivity contribution in [2.24, 2.45) is 0 Å². The van der Waals surface area contributed by atoms with Crippen molar-refractivity contribution in [2.45, 2.75) is 98.5 Å². The molecule has 0 N–H and O–H groups in total. The van der Waals surface area contributed by atoms with Crippen LogP contribution < -0.4 is 0 Å². The first-order valence-corrected chi connectivity index (χ1v) is 16.4. The van der Waals surface area contributed by atoms with Gasteiger partial charge in [0.05, 0.1) is 20.2 Å². The maximum atomic E-state index is 14.2. The van der Waals surface area contributed by atoms with Crippen LogP contribution in [0, 0.1) is 0 Å². The number of rotatable bonds is 17. The number of benzene rings is 1. The Balaban J connectivity index is 2.88. The van der Waals surface area contributed by atoms with Gasteiger partial charge in [0.1, 0.15) is 0 Å². The van der Waals surface area contributed by atoms with Crippen molar-refractivity contribution >= 4 is 14.0 Å². The molecular weight excluding hydrogens is 695 g/mol. The lowest BCUT2D eigenvalue weighted by atomic mass is 9.88. The van der Waals surface area contributed by atoms with E-state index in [0.717, 1.165) is 0 Å². The Morgan fingerprint density at radius 2 is 1.11 bits per heavy atom. The number of hydrogen-bond donors (Lipinski definition) is 0. The van der Waals surface area contributed by atoms with E-state index in [2.05, 4.69) is 0 Å². The van der Waals surface area contributed by atoms with E-state index in [4.69, 9.17) is 4.74 Å². The second kappa shape index (κ2) is 13.9. The van der Waals surface area contributed by atoms with Gasteiger partial charge in [0, 0.05) is 6.42 Å². The van der Waals surface area contributed by atoms with Crippen LogP contribution >= 0.6 is 0 Å². The topological polar surface area (TPSA) is 26.3 Å². The molecule has 0 aliphatic carbocycles. The largest absolute Gasteiger partial charge is 0.462 e. The lowest BCUT2D eigenvalue weighted by Gasteiger charge is -2.43. The molecule has 0 fully saturated rings. The summed E-state index contributed by atoms with van der Waals surface area (Å²) in [7, 11) is -3.13. The van der Waals surface area contributed by atoms with Crippen molar-refractivity contribution in [3.05, 3.63) is 48.0 Å².